The van der Waals surface area contributed by atoms with E-state index in [0.29, 0.717) is 6.42 Å². The van der Waals surface area contributed by atoms with Gasteiger partial charge in [0, 0.05) is 0 Å². The highest BCUT2D eigenvalue weighted by Crippen LogP contribution is 2.11. The van der Waals surface area contributed by atoms with Gasteiger partial charge in [0.15, 0.2) is 0 Å². The van der Waals surface area contributed by atoms with Crippen molar-refractivity contribution in [1.29, 1.82) is 0 Å². The number of hydrogen-bond acceptors (Lipinski definition) is 2. The van der Waals surface area contributed by atoms with Crippen LogP contribution in [-0.4, -0.2) is 11.8 Å². The van der Waals surface area contributed by atoms with Crippen LogP contribution in [0.4, 0.5) is 0 Å². The lowest BCUT2D eigenvalue weighted by Gasteiger charge is -2.09. The Morgan fingerprint density at radius 2 is 2.00 bits per heavy atom. The van der Waals surface area contributed by atoms with E-state index >= 15 is 0 Å². The summed E-state index contributed by atoms with van der Waals surface area (Å²) in [5, 5.41) is 0. The van der Waals surface area contributed by atoms with Crippen LogP contribution in [0.3, 0.4) is 0 Å². The summed E-state index contributed by atoms with van der Waals surface area (Å²) in [6.07, 6.45) is 0.635. The molecule has 14 heavy (non-hydrogen) atoms. The molecule has 0 fully saturated rings. The summed E-state index contributed by atoms with van der Waals surface area (Å²) in [4.78, 5) is 11.0. The predicted octanol–water partition coefficient (Wildman–Crippen LogP) is 1.76. The SMILES string of the molecule is CC(=O)[C@@H](N)Cc1ccc(C)c(C)c1. The zero-order valence-corrected chi connectivity index (χ0v) is 9.00. The number of nitrogens with two attached hydrogens (primary N) is 1. The first-order valence-electron chi connectivity index (χ1n) is 4.83. The number of carbonyl (C=O) groups excluding carboxylic acids is 1. The van der Waals surface area contributed by atoms with Crippen LogP contribution in [0.15, 0.2) is 18.2 Å². The summed E-state index contributed by atoms with van der Waals surface area (Å²) in [5.41, 5.74) is 9.34. The maximum Gasteiger partial charge on any atom is 0.146 e. The highest BCUT2D eigenvalue weighted by molar-refractivity contribution is 5.81. The molecule has 2 N–H and O–H groups in total. The number of Topliss-reactive ketones (excluding diaryl/α,β-unsaturated/α-hetero) is 1. The second kappa shape index (κ2) is 4.38. The van der Waals surface area contributed by atoms with E-state index in [0.717, 1.165) is 5.56 Å². The van der Waals surface area contributed by atoms with Gasteiger partial charge in [-0.05, 0) is 43.9 Å². The van der Waals surface area contributed by atoms with Crippen molar-refractivity contribution in [3.05, 3.63) is 34.9 Å². The summed E-state index contributed by atoms with van der Waals surface area (Å²) in [7, 11) is 0. The zero-order valence-electron chi connectivity index (χ0n) is 9.00. The Hall–Kier alpha value is -1.15. The molecule has 76 valence electrons. The molecular weight excluding hydrogens is 174 g/mol. The predicted molar refractivity (Wildman–Crippen MR) is 58.3 cm³/mol. The van der Waals surface area contributed by atoms with Gasteiger partial charge in [-0.3, -0.25) is 4.79 Å². The Bertz CT molecular complexity index is 344. The zero-order chi connectivity index (χ0) is 10.7. The van der Waals surface area contributed by atoms with Crippen LogP contribution in [0.1, 0.15) is 23.6 Å². The lowest BCUT2D eigenvalue weighted by Crippen LogP contribution is -2.30. The van der Waals surface area contributed by atoms with Gasteiger partial charge in [-0.25, -0.2) is 0 Å². The van der Waals surface area contributed by atoms with Crippen molar-refractivity contribution in [3.63, 3.8) is 0 Å². The third-order valence-electron chi connectivity index (χ3n) is 2.55. The molecule has 0 saturated carbocycles. The molecule has 0 saturated heterocycles. The summed E-state index contributed by atoms with van der Waals surface area (Å²) in [5.74, 6) is 0.0447. The molecule has 2 heteroatoms. The van der Waals surface area contributed by atoms with Crippen molar-refractivity contribution in [2.75, 3.05) is 0 Å². The molecule has 0 bridgehead atoms. The van der Waals surface area contributed by atoms with E-state index < -0.39 is 0 Å². The average molecular weight is 191 g/mol. The molecule has 0 aliphatic heterocycles. The number of benzene rings is 1. The average Bonchev–Trinajstić information content (AvgIpc) is 2.11. The summed E-state index contributed by atoms with van der Waals surface area (Å²) < 4.78 is 0. The van der Waals surface area contributed by atoms with Gasteiger partial charge in [-0.1, -0.05) is 18.2 Å². The van der Waals surface area contributed by atoms with Crippen LogP contribution in [0.2, 0.25) is 0 Å². The molecule has 0 spiro atoms. The van der Waals surface area contributed by atoms with E-state index in [1.54, 1.807) is 0 Å². The number of aryl methyl sites for hydroxylation is 2. The lowest BCUT2D eigenvalue weighted by atomic mass is 10.00. The minimum atomic E-state index is -0.364. The normalized spacial score (nSPS) is 12.6. The van der Waals surface area contributed by atoms with E-state index in [2.05, 4.69) is 26.0 Å². The van der Waals surface area contributed by atoms with E-state index in [9.17, 15) is 4.79 Å². The summed E-state index contributed by atoms with van der Waals surface area (Å²) >= 11 is 0. The van der Waals surface area contributed by atoms with Crippen LogP contribution in [-0.2, 0) is 11.2 Å². The Morgan fingerprint density at radius 3 is 2.50 bits per heavy atom. The standard InChI is InChI=1S/C12H17NO/c1-8-4-5-11(6-9(8)2)7-12(13)10(3)14/h4-6,12H,7,13H2,1-3H3/t12-/m0/s1. The van der Waals surface area contributed by atoms with Gasteiger partial charge >= 0.3 is 0 Å². The molecule has 1 aromatic rings. The molecular formula is C12H17NO. The van der Waals surface area contributed by atoms with Gasteiger partial charge in [0.05, 0.1) is 6.04 Å². The smallest absolute Gasteiger partial charge is 0.146 e. The summed E-state index contributed by atoms with van der Waals surface area (Å²) in [6.45, 7) is 5.67. The molecule has 1 atom stereocenters. The molecule has 1 rings (SSSR count). The van der Waals surface area contributed by atoms with Crippen LogP contribution in [0.25, 0.3) is 0 Å². The van der Waals surface area contributed by atoms with Gasteiger partial charge in [0.25, 0.3) is 0 Å². The number of rotatable bonds is 3. The molecule has 0 aliphatic carbocycles. The first-order valence-corrected chi connectivity index (χ1v) is 4.83. The van der Waals surface area contributed by atoms with Crippen LogP contribution < -0.4 is 5.73 Å². The van der Waals surface area contributed by atoms with Gasteiger partial charge < -0.3 is 5.73 Å². The van der Waals surface area contributed by atoms with Crippen molar-refractivity contribution in [1.82, 2.24) is 0 Å². The molecule has 0 radical (unpaired) electrons. The van der Waals surface area contributed by atoms with Crippen molar-refractivity contribution < 1.29 is 4.79 Å². The van der Waals surface area contributed by atoms with E-state index in [-0.39, 0.29) is 11.8 Å². The van der Waals surface area contributed by atoms with Crippen LogP contribution >= 0.6 is 0 Å². The first kappa shape index (κ1) is 10.9. The second-order valence-corrected chi connectivity index (χ2v) is 3.84. The van der Waals surface area contributed by atoms with Crippen molar-refractivity contribution in [3.8, 4) is 0 Å². The largest absolute Gasteiger partial charge is 0.321 e. The monoisotopic (exact) mass is 191 g/mol. The third-order valence-corrected chi connectivity index (χ3v) is 2.55. The van der Waals surface area contributed by atoms with Crippen molar-refractivity contribution >= 4 is 5.78 Å². The highest BCUT2D eigenvalue weighted by atomic mass is 16.1. The van der Waals surface area contributed by atoms with Gasteiger partial charge in [-0.2, -0.15) is 0 Å². The Balaban J connectivity index is 2.78. The molecule has 2 nitrogen and oxygen atoms in total. The van der Waals surface area contributed by atoms with Gasteiger partial charge in [-0.15, -0.1) is 0 Å². The maximum absolute atomic E-state index is 11.0. The van der Waals surface area contributed by atoms with Crippen molar-refractivity contribution in [2.45, 2.75) is 33.2 Å². The van der Waals surface area contributed by atoms with Gasteiger partial charge in [0.2, 0.25) is 0 Å². The molecule has 0 heterocycles. The van der Waals surface area contributed by atoms with E-state index in [4.69, 9.17) is 5.73 Å². The van der Waals surface area contributed by atoms with Crippen molar-refractivity contribution in [2.24, 2.45) is 5.73 Å². The fraction of sp³-hybridized carbons (Fsp3) is 0.417. The Morgan fingerprint density at radius 1 is 1.36 bits per heavy atom. The third kappa shape index (κ3) is 2.67. The molecule has 0 unspecified atom stereocenters. The molecule has 0 aromatic heterocycles. The molecule has 0 aliphatic rings. The lowest BCUT2D eigenvalue weighted by molar-refractivity contribution is -0.118. The Labute approximate surface area is 85.1 Å². The number of carbonyl (C=O) groups is 1. The molecule has 0 amide bonds. The van der Waals surface area contributed by atoms with Crippen LogP contribution in [0.5, 0.6) is 0 Å². The second-order valence-electron chi connectivity index (χ2n) is 3.84. The first-order chi connectivity index (χ1) is 6.50. The topological polar surface area (TPSA) is 43.1 Å². The fourth-order valence-corrected chi connectivity index (χ4v) is 1.33. The quantitative estimate of drug-likeness (QED) is 0.791. The number of hydrogen-bond donors (Lipinski definition) is 1. The summed E-state index contributed by atoms with van der Waals surface area (Å²) in [6, 6.07) is 5.83. The minimum absolute atomic E-state index is 0.0447. The van der Waals surface area contributed by atoms with E-state index in [1.165, 1.54) is 18.1 Å². The van der Waals surface area contributed by atoms with Gasteiger partial charge in [0.1, 0.15) is 5.78 Å². The maximum atomic E-state index is 11.0. The Kier molecular flexibility index (Phi) is 3.42. The highest BCUT2D eigenvalue weighted by Gasteiger charge is 2.08. The number of ketones is 1. The van der Waals surface area contributed by atoms with Crippen LogP contribution in [0, 0.1) is 13.8 Å². The molecule has 1 aromatic carbocycles. The minimum Gasteiger partial charge on any atom is -0.321 e. The fourth-order valence-electron chi connectivity index (χ4n) is 1.33. The van der Waals surface area contributed by atoms with E-state index in [1.807, 2.05) is 6.07 Å².